The van der Waals surface area contributed by atoms with Crippen LogP contribution in [0.1, 0.15) is 45.5 Å². The van der Waals surface area contributed by atoms with E-state index in [0.29, 0.717) is 25.0 Å². The lowest BCUT2D eigenvalue weighted by Gasteiger charge is -2.14. The summed E-state index contributed by atoms with van der Waals surface area (Å²) in [5.74, 6) is -1.83. The fourth-order valence-corrected chi connectivity index (χ4v) is 2.84. The Morgan fingerprint density at radius 2 is 1.61 bits per heavy atom. The number of hydrogen-bond donors (Lipinski definition) is 2. The molecule has 0 atom stereocenters. The SMILES string of the molecule is O=C(O)c1cc(/C=C/c2ccc(C(F)(F)F)cc2C(F)(F)F)ccc1NC(=O)C1CC1. The largest absolute Gasteiger partial charge is 0.478 e. The number of carbonyl (C=O) groups excluding carboxylic acids is 1. The van der Waals surface area contributed by atoms with Gasteiger partial charge in [0.15, 0.2) is 0 Å². The highest BCUT2D eigenvalue weighted by molar-refractivity contribution is 6.02. The van der Waals surface area contributed by atoms with Crippen molar-refractivity contribution in [2.45, 2.75) is 25.2 Å². The smallest absolute Gasteiger partial charge is 0.417 e. The predicted molar refractivity (Wildman–Crippen MR) is 100 cm³/mol. The van der Waals surface area contributed by atoms with Gasteiger partial charge in [0.2, 0.25) is 5.91 Å². The molecule has 2 aromatic carbocycles. The summed E-state index contributed by atoms with van der Waals surface area (Å²) in [6.07, 6.45) is -6.43. The zero-order valence-electron chi connectivity index (χ0n) is 15.6. The predicted octanol–water partition coefficient (Wildman–Crippen LogP) is 5.94. The molecule has 1 aliphatic carbocycles. The Morgan fingerprint density at radius 1 is 0.935 bits per heavy atom. The van der Waals surface area contributed by atoms with Crippen LogP contribution in [0.2, 0.25) is 0 Å². The van der Waals surface area contributed by atoms with Gasteiger partial charge in [-0.2, -0.15) is 26.3 Å². The molecule has 3 rings (SSSR count). The van der Waals surface area contributed by atoms with Gasteiger partial charge in [-0.1, -0.05) is 24.3 Å². The van der Waals surface area contributed by atoms with Gasteiger partial charge in [-0.15, -0.1) is 0 Å². The molecule has 1 aliphatic rings. The number of carboxylic acid groups (broad SMARTS) is 1. The van der Waals surface area contributed by atoms with Crippen molar-refractivity contribution in [3.05, 3.63) is 64.2 Å². The number of hydrogen-bond acceptors (Lipinski definition) is 2. The lowest BCUT2D eigenvalue weighted by Crippen LogP contribution is -2.16. The quantitative estimate of drug-likeness (QED) is 0.444. The minimum atomic E-state index is -5.02. The van der Waals surface area contributed by atoms with E-state index in [1.807, 2.05) is 0 Å². The highest BCUT2D eigenvalue weighted by Gasteiger charge is 2.37. The van der Waals surface area contributed by atoms with E-state index in [9.17, 15) is 41.0 Å². The van der Waals surface area contributed by atoms with Crippen LogP contribution in [-0.2, 0) is 17.1 Å². The zero-order valence-corrected chi connectivity index (χ0v) is 15.6. The van der Waals surface area contributed by atoms with E-state index < -0.39 is 35.0 Å². The average molecular weight is 443 g/mol. The number of amides is 1. The van der Waals surface area contributed by atoms with Gasteiger partial charge in [-0.3, -0.25) is 4.79 Å². The van der Waals surface area contributed by atoms with Crippen LogP contribution >= 0.6 is 0 Å². The Balaban J connectivity index is 1.93. The molecule has 164 valence electrons. The van der Waals surface area contributed by atoms with E-state index >= 15 is 0 Å². The van der Waals surface area contributed by atoms with Crippen LogP contribution in [0.4, 0.5) is 32.0 Å². The van der Waals surface area contributed by atoms with Crippen molar-refractivity contribution >= 4 is 29.7 Å². The van der Waals surface area contributed by atoms with Gasteiger partial charge in [-0.05, 0) is 48.2 Å². The first-order valence-corrected chi connectivity index (χ1v) is 9.01. The second-order valence-electron chi connectivity index (χ2n) is 7.00. The summed E-state index contributed by atoms with van der Waals surface area (Å²) in [6, 6.07) is 5.10. The Hall–Kier alpha value is -3.30. The topological polar surface area (TPSA) is 66.4 Å². The van der Waals surface area contributed by atoms with Crippen LogP contribution < -0.4 is 5.32 Å². The zero-order chi connectivity index (χ0) is 23.0. The molecule has 1 saturated carbocycles. The molecule has 0 aliphatic heterocycles. The summed E-state index contributed by atoms with van der Waals surface area (Å²) >= 11 is 0. The number of halogens is 6. The molecule has 0 aromatic heterocycles. The Bertz CT molecular complexity index is 1050. The van der Waals surface area contributed by atoms with Gasteiger partial charge in [-0.25, -0.2) is 4.79 Å². The van der Waals surface area contributed by atoms with E-state index in [0.717, 1.165) is 18.2 Å². The summed E-state index contributed by atoms with van der Waals surface area (Å²) in [5, 5.41) is 11.9. The van der Waals surface area contributed by atoms with Crippen molar-refractivity contribution < 1.29 is 41.0 Å². The van der Waals surface area contributed by atoms with Crippen LogP contribution in [0.5, 0.6) is 0 Å². The third-order valence-corrected chi connectivity index (χ3v) is 4.62. The van der Waals surface area contributed by atoms with Gasteiger partial charge < -0.3 is 10.4 Å². The van der Waals surface area contributed by atoms with Crippen molar-refractivity contribution in [2.75, 3.05) is 5.32 Å². The second kappa shape index (κ2) is 8.09. The third-order valence-electron chi connectivity index (χ3n) is 4.62. The van der Waals surface area contributed by atoms with E-state index in [4.69, 9.17) is 0 Å². The van der Waals surface area contributed by atoms with E-state index in [1.165, 1.54) is 12.1 Å². The van der Waals surface area contributed by atoms with Crippen molar-refractivity contribution in [2.24, 2.45) is 5.92 Å². The van der Waals surface area contributed by atoms with Crippen molar-refractivity contribution in [1.29, 1.82) is 0 Å². The Morgan fingerprint density at radius 3 is 2.16 bits per heavy atom. The highest BCUT2D eigenvalue weighted by Crippen LogP contribution is 2.38. The van der Waals surface area contributed by atoms with Crippen molar-refractivity contribution in [3.63, 3.8) is 0 Å². The number of aromatic carboxylic acids is 1. The van der Waals surface area contributed by atoms with Gasteiger partial charge >= 0.3 is 18.3 Å². The van der Waals surface area contributed by atoms with Crippen LogP contribution in [0.15, 0.2) is 36.4 Å². The molecule has 4 nitrogen and oxygen atoms in total. The van der Waals surface area contributed by atoms with E-state index in [2.05, 4.69) is 5.32 Å². The molecule has 0 spiro atoms. The summed E-state index contributed by atoms with van der Waals surface area (Å²) < 4.78 is 78.0. The molecule has 0 saturated heterocycles. The molecule has 0 radical (unpaired) electrons. The van der Waals surface area contributed by atoms with Crippen LogP contribution in [0.3, 0.4) is 0 Å². The summed E-state index contributed by atoms with van der Waals surface area (Å²) in [7, 11) is 0. The first-order valence-electron chi connectivity index (χ1n) is 9.01. The van der Waals surface area contributed by atoms with Crippen molar-refractivity contribution in [1.82, 2.24) is 0 Å². The molecule has 31 heavy (non-hydrogen) atoms. The lowest BCUT2D eigenvalue weighted by molar-refractivity contribution is -0.143. The van der Waals surface area contributed by atoms with Gasteiger partial charge in [0.25, 0.3) is 0 Å². The number of benzene rings is 2. The van der Waals surface area contributed by atoms with Crippen LogP contribution in [-0.4, -0.2) is 17.0 Å². The van der Waals surface area contributed by atoms with Crippen LogP contribution in [0, 0.1) is 5.92 Å². The number of anilines is 1. The maximum Gasteiger partial charge on any atom is 0.417 e. The first kappa shape index (κ1) is 22.4. The molecule has 2 aromatic rings. The number of carbonyl (C=O) groups is 2. The maximum absolute atomic E-state index is 13.2. The minimum absolute atomic E-state index is 0.0266. The first-order chi connectivity index (χ1) is 14.4. The number of alkyl halides is 6. The number of nitrogens with one attached hydrogen (secondary N) is 1. The molecular formula is C21H15F6NO3. The third kappa shape index (κ3) is 5.44. The molecule has 0 bridgehead atoms. The number of carboxylic acids is 1. The monoisotopic (exact) mass is 443 g/mol. The van der Waals surface area contributed by atoms with Crippen LogP contribution in [0.25, 0.3) is 12.2 Å². The minimum Gasteiger partial charge on any atom is -0.478 e. The lowest BCUT2D eigenvalue weighted by atomic mass is 10.0. The average Bonchev–Trinajstić information content (AvgIpc) is 3.50. The normalized spacial score (nSPS) is 14.6. The van der Waals surface area contributed by atoms with E-state index in [1.54, 1.807) is 0 Å². The van der Waals surface area contributed by atoms with Gasteiger partial charge in [0.1, 0.15) is 0 Å². The molecule has 2 N–H and O–H groups in total. The fourth-order valence-electron chi connectivity index (χ4n) is 2.84. The number of rotatable bonds is 5. The van der Waals surface area contributed by atoms with Gasteiger partial charge in [0.05, 0.1) is 22.4 Å². The molecule has 0 heterocycles. The standard InChI is InChI=1S/C21H15F6NO3/c22-20(23,24)14-7-6-12(16(10-14)21(25,26)27)3-1-11-2-8-17(15(9-11)19(30)31)28-18(29)13-4-5-13/h1-3,6-10,13H,4-5H2,(H,28,29)(H,30,31)/b3-1+. The molecule has 10 heteroatoms. The van der Waals surface area contributed by atoms with Gasteiger partial charge in [0, 0.05) is 5.92 Å². The maximum atomic E-state index is 13.2. The fraction of sp³-hybridized carbons (Fsp3) is 0.238. The summed E-state index contributed by atoms with van der Waals surface area (Å²) in [4.78, 5) is 23.4. The Kier molecular flexibility index (Phi) is 5.84. The molecule has 1 amide bonds. The second-order valence-corrected chi connectivity index (χ2v) is 7.00. The molecule has 0 unspecified atom stereocenters. The summed E-state index contributed by atoms with van der Waals surface area (Å²) in [5.41, 5.74) is -3.43. The van der Waals surface area contributed by atoms with Crippen molar-refractivity contribution in [3.8, 4) is 0 Å². The highest BCUT2D eigenvalue weighted by atomic mass is 19.4. The summed E-state index contributed by atoms with van der Waals surface area (Å²) in [6.45, 7) is 0. The molecule has 1 fully saturated rings. The molecular weight excluding hydrogens is 428 g/mol. The van der Waals surface area contributed by atoms with E-state index in [-0.39, 0.29) is 34.7 Å². The Labute approximate surface area is 172 Å².